The van der Waals surface area contributed by atoms with E-state index < -0.39 is 0 Å². The zero-order valence-electron chi connectivity index (χ0n) is 14.8. The van der Waals surface area contributed by atoms with Crippen molar-refractivity contribution in [3.8, 4) is 5.75 Å². The monoisotopic (exact) mass is 342 g/mol. The summed E-state index contributed by atoms with van der Waals surface area (Å²) < 4.78 is 5.13. The largest absolute Gasteiger partial charge is 0.497 e. The van der Waals surface area contributed by atoms with Gasteiger partial charge in [-0.3, -0.25) is 9.59 Å². The van der Waals surface area contributed by atoms with Crippen molar-refractivity contribution in [2.75, 3.05) is 20.2 Å². The zero-order valence-corrected chi connectivity index (χ0v) is 14.8. The first-order valence-corrected chi connectivity index (χ1v) is 9.09. The van der Waals surface area contributed by atoms with Gasteiger partial charge in [0.25, 0.3) is 5.91 Å². The highest BCUT2D eigenvalue weighted by Gasteiger charge is 2.34. The van der Waals surface area contributed by atoms with Gasteiger partial charge in [-0.25, -0.2) is 0 Å². The second-order valence-electron chi connectivity index (χ2n) is 6.68. The molecule has 1 N–H and O–H groups in total. The minimum Gasteiger partial charge on any atom is -0.497 e. The molecular weight excluding hydrogens is 316 g/mol. The van der Waals surface area contributed by atoms with E-state index in [9.17, 15) is 9.59 Å². The van der Waals surface area contributed by atoms with Gasteiger partial charge in [0.2, 0.25) is 5.91 Å². The quantitative estimate of drug-likeness (QED) is 0.809. The Labute approximate surface area is 149 Å². The number of benzene rings is 1. The third kappa shape index (κ3) is 4.21. The van der Waals surface area contributed by atoms with Crippen LogP contribution in [0.25, 0.3) is 0 Å². The summed E-state index contributed by atoms with van der Waals surface area (Å²) in [4.78, 5) is 27.0. The Kier molecular flexibility index (Phi) is 5.74. The molecule has 0 bridgehead atoms. The van der Waals surface area contributed by atoms with Crippen LogP contribution in [0.4, 0.5) is 0 Å². The third-order valence-corrected chi connectivity index (χ3v) is 5.03. The highest BCUT2D eigenvalue weighted by molar-refractivity contribution is 5.98. The highest BCUT2D eigenvalue weighted by atomic mass is 16.5. The highest BCUT2D eigenvalue weighted by Crippen LogP contribution is 2.22. The number of amides is 2. The lowest BCUT2D eigenvalue weighted by molar-refractivity contribution is -0.124. The lowest BCUT2D eigenvalue weighted by Crippen LogP contribution is -2.46. The minimum atomic E-state index is -0.354. The van der Waals surface area contributed by atoms with Gasteiger partial charge >= 0.3 is 0 Å². The second kappa shape index (κ2) is 8.19. The van der Waals surface area contributed by atoms with Crippen LogP contribution in [0.2, 0.25) is 0 Å². The van der Waals surface area contributed by atoms with Crippen LogP contribution < -0.4 is 10.1 Å². The van der Waals surface area contributed by atoms with Gasteiger partial charge in [-0.15, -0.1) is 0 Å². The molecule has 1 aromatic rings. The molecule has 0 unspecified atom stereocenters. The number of allylic oxidation sites excluding steroid dienone is 1. The van der Waals surface area contributed by atoms with E-state index in [4.69, 9.17) is 4.74 Å². The molecule has 5 nitrogen and oxygen atoms in total. The van der Waals surface area contributed by atoms with Crippen LogP contribution in [0.5, 0.6) is 5.75 Å². The molecule has 1 atom stereocenters. The van der Waals surface area contributed by atoms with Gasteiger partial charge in [0.15, 0.2) is 0 Å². The Morgan fingerprint density at radius 1 is 1.24 bits per heavy atom. The van der Waals surface area contributed by atoms with Crippen molar-refractivity contribution >= 4 is 11.8 Å². The van der Waals surface area contributed by atoms with Crippen molar-refractivity contribution < 1.29 is 14.3 Å². The summed E-state index contributed by atoms with van der Waals surface area (Å²) in [5.41, 5.74) is 2.04. The molecule has 5 heteroatoms. The molecule has 25 heavy (non-hydrogen) atoms. The van der Waals surface area contributed by atoms with E-state index in [2.05, 4.69) is 11.4 Å². The standard InChI is InChI=1S/C20H26N2O3/c1-25-17-10-8-16(9-11-17)20(24)22-14-4-7-18(22)19(23)21-13-12-15-5-2-3-6-15/h5,8-11,18H,2-4,6-7,12-14H2,1H3,(H,21,23)/t18-/m0/s1. The third-order valence-electron chi connectivity index (χ3n) is 5.03. The zero-order chi connectivity index (χ0) is 17.6. The van der Waals surface area contributed by atoms with Crippen molar-refractivity contribution in [3.63, 3.8) is 0 Å². The first kappa shape index (κ1) is 17.5. The van der Waals surface area contributed by atoms with Crippen LogP contribution in [0.15, 0.2) is 35.9 Å². The summed E-state index contributed by atoms with van der Waals surface area (Å²) >= 11 is 0. The number of hydrogen-bond donors (Lipinski definition) is 1. The van der Waals surface area contributed by atoms with Crippen LogP contribution in [0.1, 0.15) is 48.9 Å². The molecule has 3 rings (SSSR count). The first-order valence-electron chi connectivity index (χ1n) is 9.09. The molecule has 0 aromatic heterocycles. The van der Waals surface area contributed by atoms with Gasteiger partial charge in [0.1, 0.15) is 11.8 Å². The fourth-order valence-electron chi connectivity index (χ4n) is 3.61. The topological polar surface area (TPSA) is 58.6 Å². The fourth-order valence-corrected chi connectivity index (χ4v) is 3.61. The van der Waals surface area contributed by atoms with Crippen LogP contribution in [-0.2, 0) is 4.79 Å². The molecule has 2 aliphatic rings. The van der Waals surface area contributed by atoms with E-state index in [1.807, 2.05) is 0 Å². The Bertz CT molecular complexity index is 651. The predicted octanol–water partition coefficient (Wildman–Crippen LogP) is 2.92. The number of rotatable bonds is 6. The smallest absolute Gasteiger partial charge is 0.254 e. The summed E-state index contributed by atoms with van der Waals surface area (Å²) in [7, 11) is 1.60. The van der Waals surface area contributed by atoms with Crippen molar-refractivity contribution in [2.24, 2.45) is 0 Å². The molecule has 1 saturated heterocycles. The number of ether oxygens (including phenoxy) is 1. The normalized spacial score (nSPS) is 19.6. The summed E-state index contributed by atoms with van der Waals surface area (Å²) in [6.45, 7) is 1.29. The van der Waals surface area contributed by atoms with Crippen molar-refractivity contribution in [3.05, 3.63) is 41.5 Å². The number of likely N-dealkylation sites (tertiary alicyclic amines) is 1. The van der Waals surface area contributed by atoms with Gasteiger partial charge in [0.05, 0.1) is 7.11 Å². The number of carbonyl (C=O) groups excluding carboxylic acids is 2. The molecule has 1 aliphatic heterocycles. The van der Waals surface area contributed by atoms with Gasteiger partial charge in [-0.1, -0.05) is 11.6 Å². The fraction of sp³-hybridized carbons (Fsp3) is 0.500. The van der Waals surface area contributed by atoms with Crippen LogP contribution in [0.3, 0.4) is 0 Å². The predicted molar refractivity (Wildman–Crippen MR) is 96.6 cm³/mol. The molecule has 1 heterocycles. The van der Waals surface area contributed by atoms with Crippen LogP contribution in [-0.4, -0.2) is 43.0 Å². The lowest BCUT2D eigenvalue weighted by atomic mass is 10.1. The summed E-state index contributed by atoms with van der Waals surface area (Å²) in [6.07, 6.45) is 8.35. The number of hydrogen-bond acceptors (Lipinski definition) is 3. The molecule has 134 valence electrons. The lowest BCUT2D eigenvalue weighted by Gasteiger charge is -2.24. The number of carbonyl (C=O) groups is 2. The number of nitrogens with zero attached hydrogens (tertiary/aromatic N) is 1. The summed E-state index contributed by atoms with van der Waals surface area (Å²) in [5.74, 6) is 0.602. The number of nitrogens with one attached hydrogen (secondary N) is 1. The molecule has 1 aromatic carbocycles. The Morgan fingerprint density at radius 2 is 2.04 bits per heavy atom. The van der Waals surface area contributed by atoms with Crippen molar-refractivity contribution in [2.45, 2.75) is 44.6 Å². The van der Waals surface area contributed by atoms with Crippen molar-refractivity contribution in [1.82, 2.24) is 10.2 Å². The van der Waals surface area contributed by atoms with Crippen molar-refractivity contribution in [1.29, 1.82) is 0 Å². The van der Waals surface area contributed by atoms with Gasteiger partial charge < -0.3 is 15.0 Å². The SMILES string of the molecule is COc1ccc(C(=O)N2CCC[C@H]2C(=O)NCCC2=CCCC2)cc1. The molecule has 0 spiro atoms. The van der Waals surface area contributed by atoms with Gasteiger partial charge in [-0.05, 0) is 62.8 Å². The molecule has 0 radical (unpaired) electrons. The van der Waals surface area contributed by atoms with E-state index in [1.54, 1.807) is 36.3 Å². The van der Waals surface area contributed by atoms with E-state index >= 15 is 0 Å². The van der Waals surface area contributed by atoms with Gasteiger partial charge in [0, 0.05) is 18.7 Å². The maximum Gasteiger partial charge on any atom is 0.254 e. The van der Waals surface area contributed by atoms with Crippen LogP contribution in [0, 0.1) is 0 Å². The molecule has 1 fully saturated rings. The molecule has 1 aliphatic carbocycles. The van der Waals surface area contributed by atoms with E-state index in [-0.39, 0.29) is 17.9 Å². The summed E-state index contributed by atoms with van der Waals surface area (Å²) in [5, 5.41) is 3.01. The van der Waals surface area contributed by atoms with E-state index in [0.717, 1.165) is 32.1 Å². The summed E-state index contributed by atoms with van der Waals surface area (Å²) in [6, 6.07) is 6.69. The van der Waals surface area contributed by atoms with E-state index in [1.165, 1.54) is 12.0 Å². The average molecular weight is 342 g/mol. The average Bonchev–Trinajstić information content (AvgIpc) is 3.33. The molecule has 2 amide bonds. The molecular formula is C20H26N2O3. The van der Waals surface area contributed by atoms with Crippen LogP contribution >= 0.6 is 0 Å². The number of methoxy groups -OCH3 is 1. The first-order chi connectivity index (χ1) is 12.2. The Morgan fingerprint density at radius 3 is 2.72 bits per heavy atom. The maximum absolute atomic E-state index is 12.7. The maximum atomic E-state index is 12.7. The van der Waals surface area contributed by atoms with E-state index in [0.29, 0.717) is 24.4 Å². The molecule has 0 saturated carbocycles. The van der Waals surface area contributed by atoms with Gasteiger partial charge in [-0.2, -0.15) is 0 Å². The minimum absolute atomic E-state index is 0.0297. The second-order valence-corrected chi connectivity index (χ2v) is 6.68. The Hall–Kier alpha value is -2.30. The Balaban J connectivity index is 1.56.